The van der Waals surface area contributed by atoms with Gasteiger partial charge in [-0.2, -0.15) is 0 Å². The van der Waals surface area contributed by atoms with Crippen LogP contribution >= 0.6 is 11.3 Å². The summed E-state index contributed by atoms with van der Waals surface area (Å²) in [5.74, 6) is 0.916. The quantitative estimate of drug-likeness (QED) is 0.884. The maximum Gasteiger partial charge on any atom is 0.119 e. The Balaban J connectivity index is 1.83. The summed E-state index contributed by atoms with van der Waals surface area (Å²) in [5.41, 5.74) is 7.78. The number of benzene rings is 1. The fraction of sp³-hybridized carbons (Fsp3) is 0.308. The third-order valence-corrected chi connectivity index (χ3v) is 3.31. The minimum absolute atomic E-state index is 0.517. The average Bonchev–Trinajstić information content (AvgIpc) is 2.77. The first-order valence-corrected chi connectivity index (χ1v) is 6.48. The highest BCUT2D eigenvalue weighted by molar-refractivity contribution is 7.09. The van der Waals surface area contributed by atoms with E-state index in [4.69, 9.17) is 10.5 Å². The summed E-state index contributed by atoms with van der Waals surface area (Å²) in [6.45, 7) is 3.22. The molecule has 0 aliphatic carbocycles. The van der Waals surface area contributed by atoms with Crippen molar-refractivity contribution in [2.75, 3.05) is 6.61 Å². The van der Waals surface area contributed by atoms with Crippen LogP contribution in [0, 0.1) is 6.92 Å². The summed E-state index contributed by atoms with van der Waals surface area (Å²) in [4.78, 5) is 4.39. The second kappa shape index (κ2) is 5.80. The van der Waals surface area contributed by atoms with Crippen LogP contribution in [0.1, 0.15) is 16.3 Å². The van der Waals surface area contributed by atoms with Crippen LogP contribution in [0.2, 0.25) is 0 Å². The Morgan fingerprint density at radius 3 is 3.00 bits per heavy atom. The SMILES string of the molecule is Cc1cccc(OCCc2csc(CN)n2)c1. The molecule has 0 amide bonds. The molecular formula is C13H16N2OS. The van der Waals surface area contributed by atoms with Crippen molar-refractivity contribution < 1.29 is 4.74 Å². The number of nitrogens with zero attached hydrogens (tertiary/aromatic N) is 1. The van der Waals surface area contributed by atoms with Gasteiger partial charge in [0, 0.05) is 18.3 Å². The molecule has 1 heterocycles. The summed E-state index contributed by atoms with van der Waals surface area (Å²) < 4.78 is 5.67. The molecule has 0 saturated carbocycles. The van der Waals surface area contributed by atoms with Gasteiger partial charge in [0.05, 0.1) is 12.3 Å². The highest BCUT2D eigenvalue weighted by Gasteiger charge is 2.01. The van der Waals surface area contributed by atoms with E-state index in [0.29, 0.717) is 13.2 Å². The Morgan fingerprint density at radius 2 is 2.29 bits per heavy atom. The summed E-state index contributed by atoms with van der Waals surface area (Å²) >= 11 is 1.61. The second-order valence-corrected chi connectivity index (χ2v) is 4.79. The maximum absolute atomic E-state index is 5.67. The largest absolute Gasteiger partial charge is 0.493 e. The van der Waals surface area contributed by atoms with Gasteiger partial charge in [0.15, 0.2) is 0 Å². The fourth-order valence-corrected chi connectivity index (χ4v) is 2.24. The number of rotatable bonds is 5. The van der Waals surface area contributed by atoms with E-state index in [1.807, 2.05) is 23.6 Å². The maximum atomic E-state index is 5.67. The smallest absolute Gasteiger partial charge is 0.119 e. The zero-order valence-corrected chi connectivity index (χ0v) is 10.7. The number of aryl methyl sites for hydroxylation is 1. The number of nitrogens with two attached hydrogens (primary N) is 1. The fourth-order valence-electron chi connectivity index (χ4n) is 1.54. The molecule has 1 aromatic heterocycles. The summed E-state index contributed by atoms with van der Waals surface area (Å²) in [5, 5.41) is 3.03. The van der Waals surface area contributed by atoms with E-state index in [9.17, 15) is 0 Å². The number of ether oxygens (including phenoxy) is 1. The first-order chi connectivity index (χ1) is 8.28. The molecule has 0 fully saturated rings. The van der Waals surface area contributed by atoms with Gasteiger partial charge in [-0.05, 0) is 24.6 Å². The molecule has 2 aromatic rings. The monoisotopic (exact) mass is 248 g/mol. The van der Waals surface area contributed by atoms with Crippen LogP contribution < -0.4 is 10.5 Å². The predicted octanol–water partition coefficient (Wildman–Crippen LogP) is 2.53. The van der Waals surface area contributed by atoms with Crippen LogP contribution in [-0.4, -0.2) is 11.6 Å². The van der Waals surface area contributed by atoms with Gasteiger partial charge in [0.1, 0.15) is 10.8 Å². The predicted molar refractivity (Wildman–Crippen MR) is 70.4 cm³/mol. The van der Waals surface area contributed by atoms with Crippen molar-refractivity contribution in [2.45, 2.75) is 19.9 Å². The van der Waals surface area contributed by atoms with Gasteiger partial charge in [0.25, 0.3) is 0 Å². The zero-order chi connectivity index (χ0) is 12.1. The molecule has 0 unspecified atom stereocenters. The van der Waals surface area contributed by atoms with E-state index in [-0.39, 0.29) is 0 Å². The summed E-state index contributed by atoms with van der Waals surface area (Å²) in [7, 11) is 0. The minimum atomic E-state index is 0.517. The molecule has 0 bridgehead atoms. The lowest BCUT2D eigenvalue weighted by molar-refractivity contribution is 0.320. The molecular weight excluding hydrogens is 232 g/mol. The van der Waals surface area contributed by atoms with Gasteiger partial charge in [0.2, 0.25) is 0 Å². The van der Waals surface area contributed by atoms with E-state index < -0.39 is 0 Å². The third-order valence-electron chi connectivity index (χ3n) is 2.39. The Bertz CT molecular complexity index is 482. The van der Waals surface area contributed by atoms with Crippen molar-refractivity contribution in [3.05, 3.63) is 45.9 Å². The van der Waals surface area contributed by atoms with Crippen LogP contribution in [0.5, 0.6) is 5.75 Å². The van der Waals surface area contributed by atoms with Gasteiger partial charge in [-0.3, -0.25) is 0 Å². The van der Waals surface area contributed by atoms with E-state index in [2.05, 4.69) is 18.0 Å². The molecule has 1 aromatic carbocycles. The molecule has 0 saturated heterocycles. The van der Waals surface area contributed by atoms with Gasteiger partial charge in [-0.1, -0.05) is 12.1 Å². The average molecular weight is 248 g/mol. The van der Waals surface area contributed by atoms with E-state index in [1.165, 1.54) is 5.56 Å². The molecule has 17 heavy (non-hydrogen) atoms. The van der Waals surface area contributed by atoms with Crippen molar-refractivity contribution in [3.8, 4) is 5.75 Å². The molecule has 3 nitrogen and oxygen atoms in total. The molecule has 2 rings (SSSR count). The van der Waals surface area contributed by atoms with Gasteiger partial charge in [-0.15, -0.1) is 11.3 Å². The third kappa shape index (κ3) is 3.54. The van der Waals surface area contributed by atoms with Crippen LogP contribution in [-0.2, 0) is 13.0 Å². The van der Waals surface area contributed by atoms with Gasteiger partial charge < -0.3 is 10.5 Å². The summed E-state index contributed by atoms with van der Waals surface area (Å²) in [6, 6.07) is 8.06. The Hall–Kier alpha value is -1.39. The number of hydrogen-bond acceptors (Lipinski definition) is 4. The van der Waals surface area contributed by atoms with E-state index in [0.717, 1.165) is 22.9 Å². The number of aromatic nitrogens is 1. The topological polar surface area (TPSA) is 48.1 Å². The van der Waals surface area contributed by atoms with Crippen LogP contribution in [0.3, 0.4) is 0 Å². The lowest BCUT2D eigenvalue weighted by atomic mass is 10.2. The number of thiazole rings is 1. The summed E-state index contributed by atoms with van der Waals surface area (Å²) in [6.07, 6.45) is 0.824. The molecule has 2 N–H and O–H groups in total. The van der Waals surface area contributed by atoms with Crippen molar-refractivity contribution >= 4 is 11.3 Å². The highest BCUT2D eigenvalue weighted by Crippen LogP contribution is 2.14. The van der Waals surface area contributed by atoms with Crippen LogP contribution in [0.15, 0.2) is 29.6 Å². The molecule has 0 spiro atoms. The standard InChI is InChI=1S/C13H16N2OS/c1-10-3-2-4-12(7-10)16-6-5-11-9-17-13(8-14)15-11/h2-4,7,9H,5-6,8,14H2,1H3. The van der Waals surface area contributed by atoms with Crippen molar-refractivity contribution in [2.24, 2.45) is 5.73 Å². The normalized spacial score (nSPS) is 10.5. The lowest BCUT2D eigenvalue weighted by Crippen LogP contribution is -2.02. The highest BCUT2D eigenvalue weighted by atomic mass is 32.1. The van der Waals surface area contributed by atoms with Crippen LogP contribution in [0.4, 0.5) is 0 Å². The second-order valence-electron chi connectivity index (χ2n) is 3.85. The minimum Gasteiger partial charge on any atom is -0.493 e. The zero-order valence-electron chi connectivity index (χ0n) is 9.85. The first-order valence-electron chi connectivity index (χ1n) is 5.61. The Kier molecular flexibility index (Phi) is 4.12. The number of hydrogen-bond donors (Lipinski definition) is 1. The molecule has 0 radical (unpaired) electrons. The Labute approximate surface area is 105 Å². The molecule has 0 aliphatic rings. The molecule has 0 aliphatic heterocycles. The molecule has 0 atom stereocenters. The lowest BCUT2D eigenvalue weighted by Gasteiger charge is -2.05. The van der Waals surface area contributed by atoms with Gasteiger partial charge in [-0.25, -0.2) is 4.98 Å². The first kappa shape index (κ1) is 12.1. The van der Waals surface area contributed by atoms with Crippen molar-refractivity contribution in [3.63, 3.8) is 0 Å². The Morgan fingerprint density at radius 1 is 1.41 bits per heavy atom. The van der Waals surface area contributed by atoms with Crippen molar-refractivity contribution in [1.82, 2.24) is 4.98 Å². The van der Waals surface area contributed by atoms with E-state index in [1.54, 1.807) is 11.3 Å². The molecule has 90 valence electrons. The van der Waals surface area contributed by atoms with Crippen molar-refractivity contribution in [1.29, 1.82) is 0 Å². The van der Waals surface area contributed by atoms with Gasteiger partial charge >= 0.3 is 0 Å². The van der Waals surface area contributed by atoms with E-state index >= 15 is 0 Å². The van der Waals surface area contributed by atoms with Crippen LogP contribution in [0.25, 0.3) is 0 Å². The molecule has 4 heteroatoms.